The van der Waals surface area contributed by atoms with Crippen molar-refractivity contribution in [3.05, 3.63) is 53.2 Å². The topological polar surface area (TPSA) is 110 Å². The number of carboxylic acids is 1. The molecule has 0 N–H and O–H groups in total. The molecule has 9 heteroatoms. The number of aliphatic carboxylic acids is 1. The van der Waals surface area contributed by atoms with E-state index in [-0.39, 0.29) is 16.0 Å². The van der Waals surface area contributed by atoms with Crippen LogP contribution in [0.25, 0.3) is 17.5 Å². The van der Waals surface area contributed by atoms with E-state index in [1.807, 2.05) is 0 Å². The molecule has 0 bridgehead atoms. The van der Waals surface area contributed by atoms with Crippen LogP contribution in [0, 0.1) is 0 Å². The number of carbonyl (C=O) groups excluding carboxylic acids is 1. The molecule has 0 aliphatic heterocycles. The summed E-state index contributed by atoms with van der Waals surface area (Å²) in [4.78, 5) is 15.3. The zero-order chi connectivity index (χ0) is 19.2. The lowest BCUT2D eigenvalue weighted by Crippen LogP contribution is -2.23. The normalized spacial score (nSPS) is 11.3. The maximum Gasteiger partial charge on any atom is 0.281 e. The van der Waals surface area contributed by atoms with Crippen LogP contribution in [-0.2, 0) is 4.79 Å². The molecule has 0 aliphatic rings. The second-order valence-corrected chi connectivity index (χ2v) is 6.15. The Bertz CT molecular complexity index is 950. The molecule has 0 amide bonds. The van der Waals surface area contributed by atoms with Gasteiger partial charge in [0.1, 0.15) is 11.5 Å². The van der Waals surface area contributed by atoms with Crippen LogP contribution in [0.4, 0.5) is 0 Å². The molecule has 2 heterocycles. The Hall–Kier alpha value is -3.33. The first-order valence-electron chi connectivity index (χ1n) is 7.67. The van der Waals surface area contributed by atoms with Gasteiger partial charge >= 0.3 is 0 Å². The van der Waals surface area contributed by atoms with Crippen molar-refractivity contribution in [2.24, 2.45) is 0 Å². The van der Waals surface area contributed by atoms with Crippen molar-refractivity contribution in [1.82, 2.24) is 15.2 Å². The second-order valence-electron chi connectivity index (χ2n) is 5.16. The van der Waals surface area contributed by atoms with Gasteiger partial charge in [-0.3, -0.25) is 4.98 Å². The van der Waals surface area contributed by atoms with Crippen LogP contribution in [0.15, 0.2) is 57.3 Å². The fraction of sp³-hybridized carbons (Fsp3) is 0.111. The molecule has 8 nitrogen and oxygen atoms in total. The lowest BCUT2D eigenvalue weighted by atomic mass is 10.2. The maximum atomic E-state index is 11.4. The highest BCUT2D eigenvalue weighted by Gasteiger charge is 2.14. The highest BCUT2D eigenvalue weighted by molar-refractivity contribution is 8.03. The summed E-state index contributed by atoms with van der Waals surface area (Å²) in [5.41, 5.74) is 1.19. The third-order valence-electron chi connectivity index (χ3n) is 3.39. The Morgan fingerprint density at radius 1 is 1.19 bits per heavy atom. The van der Waals surface area contributed by atoms with Crippen LogP contribution < -0.4 is 14.6 Å². The second kappa shape index (κ2) is 8.37. The number of carboxylic acid groups (broad SMARTS) is 1. The average Bonchev–Trinajstić information content (AvgIpc) is 3.16. The van der Waals surface area contributed by atoms with Crippen LogP contribution in [0.2, 0.25) is 0 Å². The molecule has 0 spiro atoms. The molecule has 1 aromatic carbocycles. The molecule has 2 aromatic heterocycles. The van der Waals surface area contributed by atoms with Gasteiger partial charge in [0.15, 0.2) is 0 Å². The summed E-state index contributed by atoms with van der Waals surface area (Å²) in [5.74, 6) is -0.0345. The third-order valence-corrected chi connectivity index (χ3v) is 4.23. The summed E-state index contributed by atoms with van der Waals surface area (Å²) in [5, 5.41) is 19.3. The summed E-state index contributed by atoms with van der Waals surface area (Å²) in [6.45, 7) is 0. The van der Waals surface area contributed by atoms with E-state index in [2.05, 4.69) is 15.2 Å². The Balaban J connectivity index is 1.87. The number of hydrogen-bond acceptors (Lipinski definition) is 9. The largest absolute Gasteiger partial charge is 0.544 e. The number of nitrogens with zero attached hydrogens (tertiary/aromatic N) is 3. The molecule has 0 radical (unpaired) electrons. The monoisotopic (exact) mass is 384 g/mol. The van der Waals surface area contributed by atoms with E-state index in [9.17, 15) is 9.90 Å². The molecular weight excluding hydrogens is 370 g/mol. The van der Waals surface area contributed by atoms with Gasteiger partial charge in [-0.05, 0) is 41.6 Å². The number of thioether (sulfide) groups is 1. The van der Waals surface area contributed by atoms with Gasteiger partial charge < -0.3 is 23.8 Å². The van der Waals surface area contributed by atoms with Crippen LogP contribution in [-0.4, -0.2) is 35.4 Å². The van der Waals surface area contributed by atoms with Crippen molar-refractivity contribution in [3.63, 3.8) is 0 Å². The SMILES string of the molecule is COc1cc(OC)cc(-c2nnc(S/C(=C/c3cccnc3)C(=O)[O-])o2)c1. The molecule has 3 aromatic rings. The summed E-state index contributed by atoms with van der Waals surface area (Å²) in [6, 6.07) is 8.54. The van der Waals surface area contributed by atoms with E-state index in [0.29, 0.717) is 22.6 Å². The van der Waals surface area contributed by atoms with Crippen LogP contribution in [0.3, 0.4) is 0 Å². The van der Waals surface area contributed by atoms with E-state index in [1.165, 1.54) is 26.5 Å². The number of ether oxygens (including phenoxy) is 2. The summed E-state index contributed by atoms with van der Waals surface area (Å²) >= 11 is 0.796. The number of hydrogen-bond donors (Lipinski definition) is 0. The first-order chi connectivity index (χ1) is 13.1. The van der Waals surface area contributed by atoms with E-state index in [1.54, 1.807) is 36.5 Å². The third kappa shape index (κ3) is 4.64. The molecule has 27 heavy (non-hydrogen) atoms. The van der Waals surface area contributed by atoms with Gasteiger partial charge in [0.25, 0.3) is 5.22 Å². The predicted molar refractivity (Wildman–Crippen MR) is 95.9 cm³/mol. The van der Waals surface area contributed by atoms with E-state index in [4.69, 9.17) is 13.9 Å². The van der Waals surface area contributed by atoms with Gasteiger partial charge in [-0.25, -0.2) is 0 Å². The van der Waals surface area contributed by atoms with Gasteiger partial charge in [-0.15, -0.1) is 10.2 Å². The van der Waals surface area contributed by atoms with Gasteiger partial charge in [-0.1, -0.05) is 6.07 Å². The van der Waals surface area contributed by atoms with Gasteiger partial charge in [0, 0.05) is 28.9 Å². The number of methoxy groups -OCH3 is 2. The maximum absolute atomic E-state index is 11.4. The smallest absolute Gasteiger partial charge is 0.281 e. The van der Waals surface area contributed by atoms with Crippen molar-refractivity contribution in [1.29, 1.82) is 0 Å². The molecule has 0 saturated carbocycles. The van der Waals surface area contributed by atoms with Gasteiger partial charge in [-0.2, -0.15) is 0 Å². The highest BCUT2D eigenvalue weighted by atomic mass is 32.2. The highest BCUT2D eigenvalue weighted by Crippen LogP contribution is 2.32. The minimum Gasteiger partial charge on any atom is -0.544 e. The summed E-state index contributed by atoms with van der Waals surface area (Å²) in [7, 11) is 3.06. The lowest BCUT2D eigenvalue weighted by molar-refractivity contribution is -0.298. The van der Waals surface area contributed by atoms with Crippen molar-refractivity contribution in [3.8, 4) is 23.0 Å². The lowest BCUT2D eigenvalue weighted by Gasteiger charge is -2.06. The minimum atomic E-state index is -1.35. The quantitative estimate of drug-likeness (QED) is 0.446. The first kappa shape index (κ1) is 18.5. The fourth-order valence-corrected chi connectivity index (χ4v) is 2.80. The Morgan fingerprint density at radius 3 is 2.52 bits per heavy atom. The molecule has 3 rings (SSSR count). The number of pyridine rings is 1. The van der Waals surface area contributed by atoms with Crippen LogP contribution >= 0.6 is 11.8 Å². The van der Waals surface area contributed by atoms with Gasteiger partial charge in [0.05, 0.1) is 20.2 Å². The van der Waals surface area contributed by atoms with Crippen molar-refractivity contribution in [2.75, 3.05) is 14.2 Å². The standard InChI is InChI=1S/C18H15N3O5S/c1-24-13-7-12(8-14(9-13)25-2)16-20-21-18(26-16)27-15(17(22)23)6-11-4-3-5-19-10-11/h3-10H,1-2H3,(H,22,23)/p-1/b15-6+. The predicted octanol–water partition coefficient (Wildman–Crippen LogP) is 2.03. The number of rotatable bonds is 7. The zero-order valence-corrected chi connectivity index (χ0v) is 15.2. The Kier molecular flexibility index (Phi) is 5.72. The zero-order valence-electron chi connectivity index (χ0n) is 14.4. The number of aromatic nitrogens is 3. The van der Waals surface area contributed by atoms with E-state index < -0.39 is 5.97 Å². The minimum absolute atomic E-state index is 0.0612. The van der Waals surface area contributed by atoms with Crippen molar-refractivity contribution < 1.29 is 23.8 Å². The first-order valence-corrected chi connectivity index (χ1v) is 8.48. The molecular formula is C18H14N3O5S-. The molecule has 0 atom stereocenters. The van der Waals surface area contributed by atoms with E-state index in [0.717, 1.165) is 11.8 Å². The molecule has 0 unspecified atom stereocenters. The van der Waals surface area contributed by atoms with Crippen molar-refractivity contribution >= 4 is 23.8 Å². The fourth-order valence-electron chi connectivity index (χ4n) is 2.14. The molecule has 0 saturated heterocycles. The van der Waals surface area contributed by atoms with E-state index >= 15 is 0 Å². The van der Waals surface area contributed by atoms with Crippen LogP contribution in [0.5, 0.6) is 11.5 Å². The number of benzene rings is 1. The Labute approximate surface area is 158 Å². The average molecular weight is 384 g/mol. The molecule has 0 aliphatic carbocycles. The summed E-state index contributed by atoms with van der Waals surface area (Å²) in [6.07, 6.45) is 4.55. The van der Waals surface area contributed by atoms with Crippen molar-refractivity contribution in [2.45, 2.75) is 5.22 Å². The molecule has 0 fully saturated rings. The number of carbonyl (C=O) groups is 1. The van der Waals surface area contributed by atoms with Crippen LogP contribution in [0.1, 0.15) is 5.56 Å². The van der Waals surface area contributed by atoms with Gasteiger partial charge in [0.2, 0.25) is 5.89 Å². The summed E-state index contributed by atoms with van der Waals surface area (Å²) < 4.78 is 16.0. The molecule has 138 valence electrons. The Morgan fingerprint density at radius 2 is 1.93 bits per heavy atom.